The van der Waals surface area contributed by atoms with E-state index in [0.717, 1.165) is 12.5 Å². The first-order valence-electron chi connectivity index (χ1n) is 3.71. The topological polar surface area (TPSA) is 26.0 Å². The molecule has 0 aromatic heterocycles. The zero-order valence-corrected chi connectivity index (χ0v) is 5.84. The Kier molecular flexibility index (Phi) is 2.29. The summed E-state index contributed by atoms with van der Waals surface area (Å²) in [6, 6.07) is 0. The van der Waals surface area contributed by atoms with E-state index in [1.54, 1.807) is 0 Å². The van der Waals surface area contributed by atoms with Crippen LogP contribution in [0.25, 0.3) is 0 Å². The number of nitrogens with two attached hydrogens (primary N) is 1. The third-order valence-corrected chi connectivity index (χ3v) is 2.33. The first-order chi connectivity index (χ1) is 4.38. The van der Waals surface area contributed by atoms with E-state index in [9.17, 15) is 0 Å². The van der Waals surface area contributed by atoms with Crippen LogP contribution in [0.2, 0.25) is 0 Å². The van der Waals surface area contributed by atoms with Crippen molar-refractivity contribution in [3.05, 3.63) is 12.7 Å². The summed E-state index contributed by atoms with van der Waals surface area (Å²) in [6.45, 7) is 4.54. The van der Waals surface area contributed by atoms with E-state index in [4.69, 9.17) is 5.73 Å². The van der Waals surface area contributed by atoms with Gasteiger partial charge in [0.2, 0.25) is 0 Å². The minimum Gasteiger partial charge on any atom is -0.330 e. The second-order valence-electron chi connectivity index (χ2n) is 2.83. The summed E-state index contributed by atoms with van der Waals surface area (Å²) < 4.78 is 0. The van der Waals surface area contributed by atoms with Gasteiger partial charge in [0.1, 0.15) is 0 Å². The van der Waals surface area contributed by atoms with Crippen LogP contribution in [0.4, 0.5) is 0 Å². The van der Waals surface area contributed by atoms with Crippen molar-refractivity contribution in [2.24, 2.45) is 17.6 Å². The molecule has 1 nitrogen and oxygen atoms in total. The molecule has 9 heavy (non-hydrogen) atoms. The molecule has 0 saturated heterocycles. The van der Waals surface area contributed by atoms with Crippen molar-refractivity contribution in [3.8, 4) is 0 Å². The van der Waals surface area contributed by atoms with Gasteiger partial charge in [-0.1, -0.05) is 12.5 Å². The van der Waals surface area contributed by atoms with Gasteiger partial charge < -0.3 is 5.73 Å². The molecule has 0 radical (unpaired) electrons. The molecule has 1 aliphatic rings. The highest BCUT2D eigenvalue weighted by atomic mass is 14.6. The summed E-state index contributed by atoms with van der Waals surface area (Å²) in [5, 5.41) is 0. The molecule has 1 saturated carbocycles. The molecule has 1 unspecified atom stereocenters. The number of hydrogen-bond donors (Lipinski definition) is 1. The maximum Gasteiger partial charge on any atom is -0.00116 e. The van der Waals surface area contributed by atoms with E-state index >= 15 is 0 Å². The molecule has 1 atom stereocenters. The summed E-state index contributed by atoms with van der Waals surface area (Å²) in [5.41, 5.74) is 5.52. The molecular weight excluding hydrogens is 110 g/mol. The van der Waals surface area contributed by atoms with Gasteiger partial charge in [-0.05, 0) is 31.2 Å². The van der Waals surface area contributed by atoms with E-state index in [2.05, 4.69) is 6.58 Å². The SMILES string of the molecule is C=CC(CN)C1CCC1. The molecule has 0 amide bonds. The lowest BCUT2D eigenvalue weighted by molar-refractivity contribution is 0.246. The Bertz CT molecular complexity index is 94.7. The number of rotatable bonds is 3. The normalized spacial score (nSPS) is 22.8. The van der Waals surface area contributed by atoms with Crippen LogP contribution < -0.4 is 5.73 Å². The van der Waals surface area contributed by atoms with Gasteiger partial charge in [0.15, 0.2) is 0 Å². The highest BCUT2D eigenvalue weighted by molar-refractivity contribution is 4.88. The van der Waals surface area contributed by atoms with Crippen LogP contribution >= 0.6 is 0 Å². The molecule has 2 N–H and O–H groups in total. The summed E-state index contributed by atoms with van der Waals surface area (Å²) in [6.07, 6.45) is 6.14. The summed E-state index contributed by atoms with van der Waals surface area (Å²) in [5.74, 6) is 1.46. The van der Waals surface area contributed by atoms with Crippen molar-refractivity contribution in [3.63, 3.8) is 0 Å². The van der Waals surface area contributed by atoms with Crippen molar-refractivity contribution >= 4 is 0 Å². The third-order valence-electron chi connectivity index (χ3n) is 2.33. The molecule has 1 fully saturated rings. The first-order valence-corrected chi connectivity index (χ1v) is 3.71. The highest BCUT2D eigenvalue weighted by Gasteiger charge is 2.23. The molecule has 0 aromatic rings. The largest absolute Gasteiger partial charge is 0.330 e. The predicted octanol–water partition coefficient (Wildman–Crippen LogP) is 1.55. The van der Waals surface area contributed by atoms with Gasteiger partial charge in [-0.3, -0.25) is 0 Å². The fourth-order valence-corrected chi connectivity index (χ4v) is 1.35. The van der Waals surface area contributed by atoms with Crippen LogP contribution in [0.15, 0.2) is 12.7 Å². The Hall–Kier alpha value is -0.300. The maximum absolute atomic E-state index is 5.52. The van der Waals surface area contributed by atoms with Crippen molar-refractivity contribution in [1.82, 2.24) is 0 Å². The Morgan fingerprint density at radius 1 is 1.67 bits per heavy atom. The summed E-state index contributed by atoms with van der Waals surface area (Å²) in [4.78, 5) is 0. The van der Waals surface area contributed by atoms with Crippen molar-refractivity contribution in [2.45, 2.75) is 19.3 Å². The summed E-state index contributed by atoms with van der Waals surface area (Å²) in [7, 11) is 0. The zero-order chi connectivity index (χ0) is 6.69. The van der Waals surface area contributed by atoms with Gasteiger partial charge in [0.05, 0.1) is 0 Å². The monoisotopic (exact) mass is 125 g/mol. The van der Waals surface area contributed by atoms with Crippen molar-refractivity contribution < 1.29 is 0 Å². The van der Waals surface area contributed by atoms with E-state index in [1.165, 1.54) is 19.3 Å². The Labute approximate surface area is 56.9 Å². The standard InChI is InChI=1S/C8H15N/c1-2-7(6-9)8-4-3-5-8/h2,7-8H,1,3-6,9H2. The zero-order valence-electron chi connectivity index (χ0n) is 5.84. The lowest BCUT2D eigenvalue weighted by atomic mass is 9.76. The average molecular weight is 125 g/mol. The minimum atomic E-state index is 0.596. The minimum absolute atomic E-state index is 0.596. The van der Waals surface area contributed by atoms with Crippen LogP contribution in [0.3, 0.4) is 0 Å². The average Bonchev–Trinajstić information content (AvgIpc) is 1.78. The van der Waals surface area contributed by atoms with Gasteiger partial charge in [-0.25, -0.2) is 0 Å². The molecule has 1 heteroatoms. The smallest absolute Gasteiger partial charge is 0.00116 e. The highest BCUT2D eigenvalue weighted by Crippen LogP contribution is 2.33. The second-order valence-corrected chi connectivity index (χ2v) is 2.83. The van der Waals surface area contributed by atoms with E-state index in [-0.39, 0.29) is 0 Å². The lowest BCUT2D eigenvalue weighted by Crippen LogP contribution is -2.26. The first kappa shape index (κ1) is 6.81. The van der Waals surface area contributed by atoms with E-state index in [0.29, 0.717) is 5.92 Å². The molecule has 0 spiro atoms. The molecule has 0 heterocycles. The van der Waals surface area contributed by atoms with E-state index < -0.39 is 0 Å². The molecule has 0 bridgehead atoms. The maximum atomic E-state index is 5.52. The Morgan fingerprint density at radius 2 is 2.33 bits per heavy atom. The van der Waals surface area contributed by atoms with Crippen LogP contribution in [0.5, 0.6) is 0 Å². The second kappa shape index (κ2) is 3.02. The van der Waals surface area contributed by atoms with Gasteiger partial charge in [-0.15, -0.1) is 6.58 Å². The number of hydrogen-bond acceptors (Lipinski definition) is 1. The van der Waals surface area contributed by atoms with Crippen molar-refractivity contribution in [1.29, 1.82) is 0 Å². The van der Waals surface area contributed by atoms with Crippen molar-refractivity contribution in [2.75, 3.05) is 6.54 Å². The van der Waals surface area contributed by atoms with Crippen LogP contribution in [-0.4, -0.2) is 6.54 Å². The molecular formula is C8H15N. The molecule has 1 rings (SSSR count). The summed E-state index contributed by atoms with van der Waals surface area (Å²) >= 11 is 0. The van der Waals surface area contributed by atoms with Gasteiger partial charge in [-0.2, -0.15) is 0 Å². The van der Waals surface area contributed by atoms with Crippen LogP contribution in [0, 0.1) is 11.8 Å². The van der Waals surface area contributed by atoms with Crippen LogP contribution in [0.1, 0.15) is 19.3 Å². The van der Waals surface area contributed by atoms with Gasteiger partial charge in [0, 0.05) is 0 Å². The molecule has 0 aromatic carbocycles. The fourth-order valence-electron chi connectivity index (χ4n) is 1.35. The van der Waals surface area contributed by atoms with Gasteiger partial charge in [0.25, 0.3) is 0 Å². The fraction of sp³-hybridized carbons (Fsp3) is 0.750. The van der Waals surface area contributed by atoms with Crippen LogP contribution in [-0.2, 0) is 0 Å². The van der Waals surface area contributed by atoms with Gasteiger partial charge >= 0.3 is 0 Å². The molecule has 1 aliphatic carbocycles. The molecule has 0 aliphatic heterocycles. The lowest BCUT2D eigenvalue weighted by Gasteiger charge is -2.30. The Morgan fingerprint density at radius 3 is 2.44 bits per heavy atom. The quantitative estimate of drug-likeness (QED) is 0.569. The molecule has 52 valence electrons. The predicted molar refractivity (Wildman–Crippen MR) is 40.1 cm³/mol. The third kappa shape index (κ3) is 1.33. The Balaban J connectivity index is 2.27. The van der Waals surface area contributed by atoms with E-state index in [1.807, 2.05) is 6.08 Å².